The van der Waals surface area contributed by atoms with Crippen molar-refractivity contribution in [2.24, 2.45) is 0 Å². The number of rotatable bonds is 3. The Morgan fingerprint density at radius 1 is 1.25 bits per heavy atom. The summed E-state index contributed by atoms with van der Waals surface area (Å²) < 4.78 is 1.36. The van der Waals surface area contributed by atoms with E-state index in [2.05, 4.69) is 16.4 Å². The second-order valence-electron chi connectivity index (χ2n) is 5.40. The quantitative estimate of drug-likeness (QED) is 0.803. The van der Waals surface area contributed by atoms with Gasteiger partial charge in [-0.25, -0.2) is 4.98 Å². The maximum Gasteiger partial charge on any atom is 0.270 e. The molecule has 0 saturated carbocycles. The van der Waals surface area contributed by atoms with E-state index < -0.39 is 11.5 Å². The summed E-state index contributed by atoms with van der Waals surface area (Å²) in [6, 6.07) is 12.5. The van der Waals surface area contributed by atoms with E-state index in [9.17, 15) is 9.59 Å². The van der Waals surface area contributed by atoms with Crippen molar-refractivity contribution < 1.29 is 4.79 Å². The van der Waals surface area contributed by atoms with Crippen molar-refractivity contribution in [1.29, 1.82) is 5.26 Å². The predicted octanol–water partition coefficient (Wildman–Crippen LogP) is 2.32. The first kappa shape index (κ1) is 15.4. The number of carbonyl (C=O) groups excluding carboxylic acids is 1. The average molecular weight is 318 g/mol. The summed E-state index contributed by atoms with van der Waals surface area (Å²) in [7, 11) is 0. The second kappa shape index (κ2) is 6.34. The first-order valence-corrected chi connectivity index (χ1v) is 7.34. The van der Waals surface area contributed by atoms with Crippen molar-refractivity contribution in [3.63, 3.8) is 0 Å². The van der Waals surface area contributed by atoms with Crippen molar-refractivity contribution in [3.05, 3.63) is 75.8 Å². The molecule has 24 heavy (non-hydrogen) atoms. The van der Waals surface area contributed by atoms with Crippen LogP contribution in [-0.2, 0) is 6.42 Å². The van der Waals surface area contributed by atoms with Gasteiger partial charge in [-0.3, -0.25) is 14.0 Å². The Kier molecular flexibility index (Phi) is 4.08. The van der Waals surface area contributed by atoms with Crippen LogP contribution in [0.5, 0.6) is 0 Å². The number of benzene rings is 1. The van der Waals surface area contributed by atoms with Crippen LogP contribution in [0.25, 0.3) is 5.65 Å². The standard InChI is InChI=1S/C18H14N4O2/c1-12-2-7-16-20-10-15(18(24)22(16)11-12)17(23)21-14-5-3-13(4-6-14)8-9-19/h2-7,10-11H,8H2,1H3,(H,21,23). The number of aryl methyl sites for hydroxylation is 1. The number of anilines is 1. The fourth-order valence-corrected chi connectivity index (χ4v) is 2.33. The zero-order chi connectivity index (χ0) is 17.1. The minimum atomic E-state index is -0.517. The van der Waals surface area contributed by atoms with Crippen LogP contribution in [0.1, 0.15) is 21.5 Å². The molecule has 0 aliphatic heterocycles. The summed E-state index contributed by atoms with van der Waals surface area (Å²) in [6.45, 7) is 1.86. The molecule has 0 radical (unpaired) electrons. The maximum atomic E-state index is 12.5. The molecule has 0 aliphatic rings. The number of nitriles is 1. The second-order valence-corrected chi connectivity index (χ2v) is 5.40. The van der Waals surface area contributed by atoms with Crippen molar-refractivity contribution >= 4 is 17.2 Å². The van der Waals surface area contributed by atoms with Gasteiger partial charge in [-0.15, -0.1) is 0 Å². The van der Waals surface area contributed by atoms with Gasteiger partial charge in [-0.1, -0.05) is 18.2 Å². The molecular formula is C18H14N4O2. The third-order valence-corrected chi connectivity index (χ3v) is 3.59. The number of pyridine rings is 1. The first-order chi connectivity index (χ1) is 11.6. The van der Waals surface area contributed by atoms with E-state index in [1.54, 1.807) is 36.5 Å². The lowest BCUT2D eigenvalue weighted by atomic mass is 10.1. The maximum absolute atomic E-state index is 12.5. The predicted molar refractivity (Wildman–Crippen MR) is 89.9 cm³/mol. The number of fused-ring (bicyclic) bond motifs is 1. The minimum Gasteiger partial charge on any atom is -0.322 e. The van der Waals surface area contributed by atoms with Gasteiger partial charge in [0.1, 0.15) is 11.2 Å². The van der Waals surface area contributed by atoms with Gasteiger partial charge in [0.25, 0.3) is 11.5 Å². The molecule has 0 spiro atoms. The SMILES string of the molecule is Cc1ccc2ncc(C(=O)Nc3ccc(CC#N)cc3)c(=O)n2c1. The van der Waals surface area contributed by atoms with Gasteiger partial charge in [-0.05, 0) is 36.2 Å². The van der Waals surface area contributed by atoms with Crippen molar-refractivity contribution in [1.82, 2.24) is 9.38 Å². The van der Waals surface area contributed by atoms with E-state index in [0.29, 0.717) is 17.8 Å². The zero-order valence-corrected chi connectivity index (χ0v) is 13.0. The van der Waals surface area contributed by atoms with Gasteiger partial charge in [-0.2, -0.15) is 5.26 Å². The van der Waals surface area contributed by atoms with Gasteiger partial charge in [0, 0.05) is 18.1 Å². The molecule has 0 atom stereocenters. The number of carbonyl (C=O) groups is 1. The van der Waals surface area contributed by atoms with Crippen LogP contribution in [0.15, 0.2) is 53.6 Å². The highest BCUT2D eigenvalue weighted by atomic mass is 16.2. The van der Waals surface area contributed by atoms with Gasteiger partial charge in [0.05, 0.1) is 12.5 Å². The van der Waals surface area contributed by atoms with Crippen LogP contribution in [0.2, 0.25) is 0 Å². The van der Waals surface area contributed by atoms with Gasteiger partial charge >= 0.3 is 0 Å². The van der Waals surface area contributed by atoms with Crippen molar-refractivity contribution in [2.45, 2.75) is 13.3 Å². The molecule has 0 fully saturated rings. The first-order valence-electron chi connectivity index (χ1n) is 7.34. The van der Waals surface area contributed by atoms with E-state index >= 15 is 0 Å². The largest absolute Gasteiger partial charge is 0.322 e. The monoisotopic (exact) mass is 318 g/mol. The minimum absolute atomic E-state index is 0.0285. The molecule has 2 aromatic heterocycles. The Morgan fingerprint density at radius 2 is 2.00 bits per heavy atom. The zero-order valence-electron chi connectivity index (χ0n) is 13.0. The van der Waals surface area contributed by atoms with Gasteiger partial charge in [0.15, 0.2) is 0 Å². The fourth-order valence-electron chi connectivity index (χ4n) is 2.33. The average Bonchev–Trinajstić information content (AvgIpc) is 2.57. The summed E-state index contributed by atoms with van der Waals surface area (Å²) in [4.78, 5) is 29.0. The van der Waals surface area contributed by atoms with Crippen LogP contribution in [0, 0.1) is 18.3 Å². The molecule has 3 aromatic rings. The number of hydrogen-bond acceptors (Lipinski definition) is 4. The molecule has 1 amide bonds. The van der Waals surface area contributed by atoms with Crippen LogP contribution < -0.4 is 10.9 Å². The highest BCUT2D eigenvalue weighted by molar-refractivity contribution is 6.03. The van der Waals surface area contributed by atoms with Crippen LogP contribution >= 0.6 is 0 Å². The lowest BCUT2D eigenvalue weighted by Crippen LogP contribution is -2.26. The summed E-state index contributed by atoms with van der Waals surface area (Å²) in [5.74, 6) is -0.517. The molecule has 3 rings (SSSR count). The Balaban J connectivity index is 1.90. The Morgan fingerprint density at radius 3 is 2.71 bits per heavy atom. The number of hydrogen-bond donors (Lipinski definition) is 1. The normalized spacial score (nSPS) is 10.3. The molecule has 0 unspecified atom stereocenters. The van der Waals surface area contributed by atoms with Crippen molar-refractivity contribution in [3.8, 4) is 6.07 Å². The molecule has 6 heteroatoms. The Hall–Kier alpha value is -3.46. The van der Waals surface area contributed by atoms with E-state index in [0.717, 1.165) is 11.1 Å². The third-order valence-electron chi connectivity index (χ3n) is 3.59. The molecule has 0 bridgehead atoms. The topological polar surface area (TPSA) is 87.3 Å². The summed E-state index contributed by atoms with van der Waals surface area (Å²) >= 11 is 0. The summed E-state index contributed by atoms with van der Waals surface area (Å²) in [6.07, 6.45) is 3.24. The molecule has 0 aliphatic carbocycles. The van der Waals surface area contributed by atoms with E-state index in [1.807, 2.05) is 13.0 Å². The van der Waals surface area contributed by atoms with E-state index in [4.69, 9.17) is 5.26 Å². The Bertz CT molecular complexity index is 1010. The smallest absolute Gasteiger partial charge is 0.270 e. The molecule has 1 N–H and O–H groups in total. The van der Waals surface area contributed by atoms with Crippen LogP contribution in [-0.4, -0.2) is 15.3 Å². The third kappa shape index (κ3) is 3.01. The van der Waals surface area contributed by atoms with Crippen molar-refractivity contribution in [2.75, 3.05) is 5.32 Å². The van der Waals surface area contributed by atoms with Crippen LogP contribution in [0.3, 0.4) is 0 Å². The number of aromatic nitrogens is 2. The molecule has 118 valence electrons. The summed E-state index contributed by atoms with van der Waals surface area (Å²) in [5.41, 5.74) is 2.36. The molecule has 1 aromatic carbocycles. The molecule has 2 heterocycles. The molecule has 0 saturated heterocycles. The molecule has 6 nitrogen and oxygen atoms in total. The lowest BCUT2D eigenvalue weighted by Gasteiger charge is -2.07. The van der Waals surface area contributed by atoms with Gasteiger partial charge < -0.3 is 5.32 Å². The number of nitrogens with one attached hydrogen (secondary N) is 1. The lowest BCUT2D eigenvalue weighted by molar-refractivity contribution is 0.102. The fraction of sp³-hybridized carbons (Fsp3) is 0.111. The number of nitrogens with zero attached hydrogens (tertiary/aromatic N) is 3. The van der Waals surface area contributed by atoms with Gasteiger partial charge in [0.2, 0.25) is 0 Å². The van der Waals surface area contributed by atoms with Crippen LogP contribution in [0.4, 0.5) is 5.69 Å². The summed E-state index contributed by atoms with van der Waals surface area (Å²) in [5, 5.41) is 11.3. The van der Waals surface area contributed by atoms with E-state index in [1.165, 1.54) is 10.6 Å². The Labute approximate surface area is 138 Å². The highest BCUT2D eigenvalue weighted by Crippen LogP contribution is 2.11. The van der Waals surface area contributed by atoms with E-state index in [-0.39, 0.29) is 5.56 Å². The molecular weight excluding hydrogens is 304 g/mol. The highest BCUT2D eigenvalue weighted by Gasteiger charge is 2.13. The number of amides is 1.